The van der Waals surface area contributed by atoms with Crippen molar-refractivity contribution in [2.75, 3.05) is 31.1 Å². The molecule has 1 saturated carbocycles. The van der Waals surface area contributed by atoms with E-state index in [2.05, 4.69) is 27.7 Å². The van der Waals surface area contributed by atoms with Gasteiger partial charge in [0.05, 0.1) is 6.54 Å². The van der Waals surface area contributed by atoms with E-state index in [0.717, 1.165) is 43.1 Å². The summed E-state index contributed by atoms with van der Waals surface area (Å²) in [6.45, 7) is 6.58. The van der Waals surface area contributed by atoms with Crippen LogP contribution < -0.4 is 10.6 Å². The van der Waals surface area contributed by atoms with E-state index < -0.39 is 48.6 Å². The summed E-state index contributed by atoms with van der Waals surface area (Å²) in [5, 5.41) is 5.87. The summed E-state index contributed by atoms with van der Waals surface area (Å²) in [6.07, 6.45) is 5.83. The van der Waals surface area contributed by atoms with Gasteiger partial charge in [0.15, 0.2) is 0 Å². The number of thioether (sulfide) groups is 1. The summed E-state index contributed by atoms with van der Waals surface area (Å²) < 4.78 is 34.2. The van der Waals surface area contributed by atoms with Crippen molar-refractivity contribution in [1.82, 2.24) is 20.4 Å². The van der Waals surface area contributed by atoms with E-state index in [9.17, 15) is 23.2 Å². The van der Waals surface area contributed by atoms with Crippen LogP contribution in [0.5, 0.6) is 0 Å². The molecule has 3 amide bonds. The van der Waals surface area contributed by atoms with Crippen LogP contribution in [-0.2, 0) is 20.9 Å². The molecule has 0 spiro atoms. The van der Waals surface area contributed by atoms with Gasteiger partial charge in [-0.05, 0) is 63.7 Å². The Morgan fingerprint density at radius 1 is 1.05 bits per heavy atom. The summed E-state index contributed by atoms with van der Waals surface area (Å²) in [5.74, 6) is -2.46. The molecule has 3 aliphatic rings. The summed E-state index contributed by atoms with van der Waals surface area (Å²) >= 11 is 1.62. The average molecular weight is 623 g/mol. The van der Waals surface area contributed by atoms with Crippen LogP contribution in [0.3, 0.4) is 0 Å². The fourth-order valence-electron chi connectivity index (χ4n) is 6.10. The molecule has 2 N–H and O–H groups in total. The first-order chi connectivity index (χ1) is 20.4. The van der Waals surface area contributed by atoms with Gasteiger partial charge < -0.3 is 15.4 Å². The minimum atomic E-state index is -3.22. The molecule has 0 radical (unpaired) electrons. The maximum absolute atomic E-state index is 14.5. The second kappa shape index (κ2) is 15.1. The van der Waals surface area contributed by atoms with Crippen LogP contribution in [0.4, 0.5) is 13.6 Å². The van der Waals surface area contributed by atoms with Crippen LogP contribution in [0, 0.1) is 5.92 Å². The van der Waals surface area contributed by atoms with Crippen molar-refractivity contribution in [2.24, 2.45) is 5.92 Å². The van der Waals surface area contributed by atoms with Gasteiger partial charge in [-0.1, -0.05) is 49.6 Å². The highest BCUT2D eigenvalue weighted by Crippen LogP contribution is 2.33. The Morgan fingerprint density at radius 3 is 2.37 bits per heavy atom. The molecular formula is C32H48F2N4O4S. The fourth-order valence-corrected chi connectivity index (χ4v) is 7.37. The van der Waals surface area contributed by atoms with Gasteiger partial charge in [-0.15, -0.1) is 0 Å². The number of piperidine rings is 1. The molecule has 1 unspecified atom stereocenters. The topological polar surface area (TPSA) is 91.0 Å². The number of hydrogen-bond donors (Lipinski definition) is 2. The first-order valence-corrected chi connectivity index (χ1v) is 16.9. The van der Waals surface area contributed by atoms with E-state index in [1.807, 2.05) is 18.2 Å². The van der Waals surface area contributed by atoms with E-state index in [1.54, 1.807) is 32.5 Å². The Labute approximate surface area is 259 Å². The first-order valence-electron chi connectivity index (χ1n) is 15.7. The van der Waals surface area contributed by atoms with Gasteiger partial charge in [0, 0.05) is 37.8 Å². The standard InChI is InChI=1S/C32H48F2N4O4S/c1-31(2,3)42-30(41)38-22-32(33,34)18-27(38)29(40)36-26(21-43-20-24-12-8-5-9-13-24)28(39)35-25-14-16-37(17-15-25)19-23-10-6-4-7-11-23/h4,6-7,10-11,24-27H,5,8-9,12-22H2,1-3H3,(H,35,39)(H,36,40)/t26?,27-/m0/s1. The number of amides is 3. The molecule has 0 aromatic heterocycles. The summed E-state index contributed by atoms with van der Waals surface area (Å²) in [4.78, 5) is 42.9. The van der Waals surface area contributed by atoms with E-state index in [-0.39, 0.29) is 11.9 Å². The quantitative estimate of drug-likeness (QED) is 0.373. The van der Waals surface area contributed by atoms with Crippen molar-refractivity contribution in [3.63, 3.8) is 0 Å². The van der Waals surface area contributed by atoms with Gasteiger partial charge in [-0.25, -0.2) is 13.6 Å². The lowest BCUT2D eigenvalue weighted by molar-refractivity contribution is -0.131. The minimum Gasteiger partial charge on any atom is -0.444 e. The molecule has 240 valence electrons. The number of benzene rings is 1. The predicted molar refractivity (Wildman–Crippen MR) is 165 cm³/mol. The van der Waals surface area contributed by atoms with Crippen molar-refractivity contribution in [1.29, 1.82) is 0 Å². The molecule has 43 heavy (non-hydrogen) atoms. The number of ether oxygens (including phenoxy) is 1. The predicted octanol–water partition coefficient (Wildman–Crippen LogP) is 5.21. The lowest BCUT2D eigenvalue weighted by Crippen LogP contribution is -2.56. The third-order valence-corrected chi connectivity index (χ3v) is 9.66. The molecule has 2 saturated heterocycles. The number of rotatable bonds is 10. The van der Waals surface area contributed by atoms with Crippen LogP contribution in [0.1, 0.15) is 77.7 Å². The Morgan fingerprint density at radius 2 is 1.72 bits per heavy atom. The summed E-state index contributed by atoms with van der Waals surface area (Å²) in [7, 11) is 0. The first kappa shape index (κ1) is 33.5. The molecule has 4 rings (SSSR count). The van der Waals surface area contributed by atoms with Crippen molar-refractivity contribution >= 4 is 29.7 Å². The van der Waals surface area contributed by atoms with E-state index in [1.165, 1.54) is 37.7 Å². The molecule has 2 atom stereocenters. The summed E-state index contributed by atoms with van der Waals surface area (Å²) in [6, 6.07) is 7.94. The zero-order valence-electron chi connectivity index (χ0n) is 25.8. The maximum atomic E-state index is 14.5. The Bertz CT molecular complexity index is 1070. The van der Waals surface area contributed by atoms with Crippen LogP contribution >= 0.6 is 11.8 Å². The monoisotopic (exact) mass is 622 g/mol. The third kappa shape index (κ3) is 10.6. The number of nitrogens with one attached hydrogen (secondary N) is 2. The Balaban J connectivity index is 1.37. The highest BCUT2D eigenvalue weighted by Gasteiger charge is 2.51. The number of alkyl halides is 2. The van der Waals surface area contributed by atoms with Gasteiger partial charge in [-0.3, -0.25) is 19.4 Å². The largest absolute Gasteiger partial charge is 0.444 e. The van der Waals surface area contributed by atoms with E-state index >= 15 is 0 Å². The fraction of sp³-hybridized carbons (Fsp3) is 0.719. The van der Waals surface area contributed by atoms with E-state index in [0.29, 0.717) is 11.7 Å². The molecule has 2 aliphatic heterocycles. The number of halogens is 2. The van der Waals surface area contributed by atoms with Crippen LogP contribution in [0.15, 0.2) is 30.3 Å². The van der Waals surface area contributed by atoms with Gasteiger partial charge >= 0.3 is 6.09 Å². The van der Waals surface area contributed by atoms with Gasteiger partial charge in [0.1, 0.15) is 17.7 Å². The number of nitrogens with zero attached hydrogens (tertiary/aromatic N) is 2. The van der Waals surface area contributed by atoms with Crippen LogP contribution in [-0.4, -0.2) is 88.5 Å². The molecule has 1 aromatic rings. The maximum Gasteiger partial charge on any atom is 0.411 e. The second-order valence-corrected chi connectivity index (χ2v) is 14.4. The number of carbonyl (C=O) groups is 3. The SMILES string of the molecule is CC(C)(C)OC(=O)N1CC(F)(F)C[C@H]1C(=O)NC(CSCC1CCCCC1)C(=O)NC1CCN(Cc2ccccc2)CC1. The zero-order valence-corrected chi connectivity index (χ0v) is 26.6. The average Bonchev–Trinajstić information content (AvgIpc) is 3.29. The van der Waals surface area contributed by atoms with Crippen molar-refractivity contribution in [3.8, 4) is 0 Å². The van der Waals surface area contributed by atoms with Crippen molar-refractivity contribution < 1.29 is 27.9 Å². The number of likely N-dealkylation sites (tertiary alicyclic amines) is 2. The molecule has 2 heterocycles. The summed E-state index contributed by atoms with van der Waals surface area (Å²) in [5.41, 5.74) is 0.353. The second-order valence-electron chi connectivity index (χ2n) is 13.3. The normalized spacial score (nSPS) is 22.6. The molecule has 1 aliphatic carbocycles. The van der Waals surface area contributed by atoms with Crippen molar-refractivity contribution in [3.05, 3.63) is 35.9 Å². The molecular weight excluding hydrogens is 574 g/mol. The van der Waals surface area contributed by atoms with Crippen LogP contribution in [0.2, 0.25) is 0 Å². The molecule has 8 nitrogen and oxygen atoms in total. The highest BCUT2D eigenvalue weighted by molar-refractivity contribution is 7.99. The van der Waals surface area contributed by atoms with Gasteiger partial charge in [0.2, 0.25) is 11.8 Å². The zero-order chi connectivity index (χ0) is 31.0. The van der Waals surface area contributed by atoms with Gasteiger partial charge in [0.25, 0.3) is 5.92 Å². The molecule has 0 bridgehead atoms. The van der Waals surface area contributed by atoms with Crippen LogP contribution in [0.25, 0.3) is 0 Å². The van der Waals surface area contributed by atoms with Gasteiger partial charge in [-0.2, -0.15) is 11.8 Å². The molecule has 3 fully saturated rings. The number of carbonyl (C=O) groups excluding carboxylic acids is 3. The third-order valence-electron chi connectivity index (χ3n) is 8.38. The Kier molecular flexibility index (Phi) is 11.7. The number of hydrogen-bond acceptors (Lipinski definition) is 6. The molecule has 1 aromatic carbocycles. The smallest absolute Gasteiger partial charge is 0.411 e. The Hall–Kier alpha value is -2.40. The lowest BCUT2D eigenvalue weighted by atomic mass is 9.91. The highest BCUT2D eigenvalue weighted by atomic mass is 32.2. The molecule has 11 heteroatoms. The van der Waals surface area contributed by atoms with E-state index in [4.69, 9.17) is 4.74 Å². The minimum absolute atomic E-state index is 0.0312. The van der Waals surface area contributed by atoms with Crippen molar-refractivity contribution in [2.45, 2.75) is 108 Å². The lowest BCUT2D eigenvalue weighted by Gasteiger charge is -2.33.